The van der Waals surface area contributed by atoms with Gasteiger partial charge in [0.25, 0.3) is 0 Å². The van der Waals surface area contributed by atoms with Crippen molar-refractivity contribution in [2.24, 2.45) is 5.73 Å². The predicted molar refractivity (Wildman–Crippen MR) is 82.8 cm³/mol. The molecule has 2 nitrogen and oxygen atoms in total. The summed E-state index contributed by atoms with van der Waals surface area (Å²) in [7, 11) is 0. The third kappa shape index (κ3) is 3.24. The minimum absolute atomic E-state index is 0.463. The van der Waals surface area contributed by atoms with Gasteiger partial charge >= 0.3 is 0 Å². The van der Waals surface area contributed by atoms with E-state index in [2.05, 4.69) is 28.1 Å². The summed E-state index contributed by atoms with van der Waals surface area (Å²) in [6.07, 6.45) is 0.546. The van der Waals surface area contributed by atoms with Crippen LogP contribution in [0.15, 0.2) is 53.0 Å². The number of nitrogens with two attached hydrogens (primary N) is 1. The Kier molecular flexibility index (Phi) is 4.40. The minimum atomic E-state index is -0.882. The van der Waals surface area contributed by atoms with E-state index in [1.54, 1.807) is 6.92 Å². The molecule has 1 unspecified atom stereocenters. The maximum atomic E-state index is 10.4. The van der Waals surface area contributed by atoms with Crippen LogP contribution >= 0.6 is 15.9 Å². The Morgan fingerprint density at radius 1 is 1.16 bits per heavy atom. The van der Waals surface area contributed by atoms with Crippen LogP contribution in [0.5, 0.6) is 0 Å². The van der Waals surface area contributed by atoms with Crippen LogP contribution in [0.25, 0.3) is 11.1 Å². The standard InChI is InChI=1S/C16H18BrNO/c1-16(19,9-10-18)13-7-8-14(15(17)11-13)12-5-3-2-4-6-12/h2-8,11,19H,9-10,18H2,1H3. The molecule has 0 aromatic heterocycles. The van der Waals surface area contributed by atoms with Crippen LogP contribution in [-0.2, 0) is 5.60 Å². The van der Waals surface area contributed by atoms with Crippen molar-refractivity contribution in [3.63, 3.8) is 0 Å². The van der Waals surface area contributed by atoms with Crippen LogP contribution in [0, 0.1) is 0 Å². The van der Waals surface area contributed by atoms with Crippen LogP contribution in [0.4, 0.5) is 0 Å². The maximum absolute atomic E-state index is 10.4. The van der Waals surface area contributed by atoms with E-state index in [-0.39, 0.29) is 0 Å². The molecule has 3 heteroatoms. The molecular formula is C16H18BrNO. The zero-order valence-electron chi connectivity index (χ0n) is 10.9. The lowest BCUT2D eigenvalue weighted by Crippen LogP contribution is -2.24. The third-order valence-electron chi connectivity index (χ3n) is 3.31. The number of aliphatic hydroxyl groups is 1. The topological polar surface area (TPSA) is 46.2 Å². The Labute approximate surface area is 122 Å². The van der Waals surface area contributed by atoms with Crippen molar-refractivity contribution in [1.82, 2.24) is 0 Å². The number of hydrogen-bond acceptors (Lipinski definition) is 2. The van der Waals surface area contributed by atoms with E-state index < -0.39 is 5.60 Å². The first kappa shape index (κ1) is 14.3. The van der Waals surface area contributed by atoms with Crippen LogP contribution in [0.2, 0.25) is 0 Å². The van der Waals surface area contributed by atoms with E-state index in [0.29, 0.717) is 13.0 Å². The molecule has 2 rings (SSSR count). The molecule has 2 aromatic rings. The smallest absolute Gasteiger partial charge is 0.0880 e. The fourth-order valence-corrected chi connectivity index (χ4v) is 2.74. The summed E-state index contributed by atoms with van der Waals surface area (Å²) in [6, 6.07) is 16.1. The second kappa shape index (κ2) is 5.87. The second-order valence-corrected chi connectivity index (χ2v) is 5.73. The lowest BCUT2D eigenvalue weighted by atomic mass is 9.91. The highest BCUT2D eigenvalue weighted by molar-refractivity contribution is 9.10. The molecule has 0 fully saturated rings. The Morgan fingerprint density at radius 3 is 2.42 bits per heavy atom. The van der Waals surface area contributed by atoms with Gasteiger partial charge < -0.3 is 10.8 Å². The van der Waals surface area contributed by atoms with Crippen LogP contribution in [0.3, 0.4) is 0 Å². The summed E-state index contributed by atoms with van der Waals surface area (Å²) in [5.74, 6) is 0. The largest absolute Gasteiger partial charge is 0.385 e. The highest BCUT2D eigenvalue weighted by atomic mass is 79.9. The minimum Gasteiger partial charge on any atom is -0.385 e. The maximum Gasteiger partial charge on any atom is 0.0880 e. The monoisotopic (exact) mass is 319 g/mol. The van der Waals surface area contributed by atoms with Gasteiger partial charge in [-0.1, -0.05) is 58.4 Å². The van der Waals surface area contributed by atoms with Gasteiger partial charge in [0, 0.05) is 4.47 Å². The molecule has 0 saturated carbocycles. The fourth-order valence-electron chi connectivity index (χ4n) is 2.13. The first-order chi connectivity index (χ1) is 9.04. The molecule has 19 heavy (non-hydrogen) atoms. The summed E-state index contributed by atoms with van der Waals surface area (Å²) in [5.41, 5.74) is 7.81. The zero-order valence-corrected chi connectivity index (χ0v) is 12.5. The molecule has 0 heterocycles. The predicted octanol–water partition coefficient (Wildman–Crippen LogP) is 3.67. The molecule has 0 aliphatic rings. The van der Waals surface area contributed by atoms with E-state index in [0.717, 1.165) is 21.2 Å². The molecule has 0 aliphatic heterocycles. The first-order valence-electron chi connectivity index (χ1n) is 6.32. The summed E-state index contributed by atoms with van der Waals surface area (Å²) in [4.78, 5) is 0. The average molecular weight is 320 g/mol. The molecule has 2 aromatic carbocycles. The van der Waals surface area contributed by atoms with Gasteiger partial charge in [-0.25, -0.2) is 0 Å². The molecule has 3 N–H and O–H groups in total. The number of halogens is 1. The Morgan fingerprint density at radius 2 is 1.84 bits per heavy atom. The van der Waals surface area contributed by atoms with Crippen molar-refractivity contribution in [1.29, 1.82) is 0 Å². The van der Waals surface area contributed by atoms with Crippen molar-refractivity contribution in [3.8, 4) is 11.1 Å². The molecule has 0 saturated heterocycles. The van der Waals surface area contributed by atoms with Gasteiger partial charge in [0.1, 0.15) is 0 Å². The van der Waals surface area contributed by atoms with Gasteiger partial charge in [0.15, 0.2) is 0 Å². The lowest BCUT2D eigenvalue weighted by Gasteiger charge is -2.24. The highest BCUT2D eigenvalue weighted by Gasteiger charge is 2.22. The van der Waals surface area contributed by atoms with Crippen molar-refractivity contribution in [2.75, 3.05) is 6.54 Å². The number of rotatable bonds is 4. The summed E-state index contributed by atoms with van der Waals surface area (Å²) >= 11 is 3.59. The first-order valence-corrected chi connectivity index (χ1v) is 7.12. The number of benzene rings is 2. The summed E-state index contributed by atoms with van der Waals surface area (Å²) < 4.78 is 0.980. The molecule has 0 spiro atoms. The third-order valence-corrected chi connectivity index (χ3v) is 3.96. The van der Waals surface area contributed by atoms with Gasteiger partial charge in [-0.2, -0.15) is 0 Å². The van der Waals surface area contributed by atoms with Gasteiger partial charge in [-0.15, -0.1) is 0 Å². The lowest BCUT2D eigenvalue weighted by molar-refractivity contribution is 0.0504. The van der Waals surface area contributed by atoms with E-state index in [1.165, 1.54) is 0 Å². The van der Waals surface area contributed by atoms with Crippen molar-refractivity contribution >= 4 is 15.9 Å². The molecule has 1 atom stereocenters. The van der Waals surface area contributed by atoms with Crippen LogP contribution in [0.1, 0.15) is 18.9 Å². The Balaban J connectivity index is 2.38. The van der Waals surface area contributed by atoms with Gasteiger partial charge in [0.05, 0.1) is 5.60 Å². The molecule has 0 aliphatic carbocycles. The quantitative estimate of drug-likeness (QED) is 0.903. The fraction of sp³-hybridized carbons (Fsp3) is 0.250. The van der Waals surface area contributed by atoms with Crippen molar-refractivity contribution in [2.45, 2.75) is 18.9 Å². The van der Waals surface area contributed by atoms with E-state index in [9.17, 15) is 5.11 Å². The normalized spacial score (nSPS) is 14.1. The van der Waals surface area contributed by atoms with E-state index in [4.69, 9.17) is 5.73 Å². The summed E-state index contributed by atoms with van der Waals surface area (Å²) in [6.45, 7) is 2.26. The molecule has 0 radical (unpaired) electrons. The van der Waals surface area contributed by atoms with Crippen molar-refractivity contribution in [3.05, 3.63) is 58.6 Å². The van der Waals surface area contributed by atoms with E-state index >= 15 is 0 Å². The van der Waals surface area contributed by atoms with Crippen LogP contribution < -0.4 is 5.73 Å². The second-order valence-electron chi connectivity index (χ2n) is 4.87. The Bertz CT molecular complexity index is 552. The molecular weight excluding hydrogens is 302 g/mol. The van der Waals surface area contributed by atoms with E-state index in [1.807, 2.05) is 36.4 Å². The molecule has 0 amide bonds. The van der Waals surface area contributed by atoms with Crippen molar-refractivity contribution < 1.29 is 5.11 Å². The van der Waals surface area contributed by atoms with Gasteiger partial charge in [0.2, 0.25) is 0 Å². The molecule has 0 bridgehead atoms. The molecule has 100 valence electrons. The number of hydrogen-bond donors (Lipinski definition) is 2. The summed E-state index contributed by atoms with van der Waals surface area (Å²) in [5, 5.41) is 10.4. The van der Waals surface area contributed by atoms with Gasteiger partial charge in [-0.05, 0) is 42.6 Å². The average Bonchev–Trinajstić information content (AvgIpc) is 2.39. The highest BCUT2D eigenvalue weighted by Crippen LogP contribution is 2.33. The zero-order chi connectivity index (χ0) is 13.9. The SMILES string of the molecule is CC(O)(CCN)c1ccc(-c2ccccc2)c(Br)c1. The van der Waals surface area contributed by atoms with Crippen LogP contribution in [-0.4, -0.2) is 11.7 Å². The Hall–Kier alpha value is -1.16. The van der Waals surface area contributed by atoms with Gasteiger partial charge in [-0.3, -0.25) is 0 Å².